The molecule has 1 aliphatic rings. The lowest BCUT2D eigenvalue weighted by molar-refractivity contribution is 0.0733. The Morgan fingerprint density at radius 3 is 2.22 bits per heavy atom. The maximum Gasteiger partial charge on any atom is 0.343 e. The molecule has 208 valence electrons. The maximum atomic E-state index is 13.5. The third kappa shape index (κ3) is 5.49. The van der Waals surface area contributed by atoms with Crippen LogP contribution in [-0.4, -0.2) is 33.2 Å². The molecule has 1 atom stereocenters. The van der Waals surface area contributed by atoms with E-state index in [0.29, 0.717) is 40.8 Å². The molecule has 1 amide bonds. The average molecular weight is 558 g/mol. The van der Waals surface area contributed by atoms with E-state index in [0.717, 1.165) is 5.56 Å². The predicted molar refractivity (Wildman–Crippen MR) is 154 cm³/mol. The molecular formula is C33H29NO7. The quantitative estimate of drug-likeness (QED) is 0.305. The number of benzene rings is 3. The zero-order chi connectivity index (χ0) is 30.3. The molecule has 8 nitrogen and oxygen atoms in total. The van der Waals surface area contributed by atoms with Gasteiger partial charge < -0.3 is 24.3 Å². The molecule has 5 rings (SSSR count). The molecule has 0 saturated carbocycles. The van der Waals surface area contributed by atoms with Crippen molar-refractivity contribution in [3.63, 3.8) is 0 Å². The van der Waals surface area contributed by atoms with Crippen LogP contribution < -0.4 is 29.7 Å². The summed E-state index contributed by atoms with van der Waals surface area (Å²) < 4.78 is 37.9. The number of esters is 1. The molecule has 0 saturated heterocycles. The van der Waals surface area contributed by atoms with Crippen molar-refractivity contribution < 1.29 is 31.3 Å². The highest BCUT2D eigenvalue weighted by molar-refractivity contribution is 5.95. The van der Waals surface area contributed by atoms with Crippen LogP contribution in [0.1, 0.15) is 47.0 Å². The molecule has 1 N–H and O–H groups in total. The van der Waals surface area contributed by atoms with Crippen LogP contribution in [-0.2, 0) is 6.42 Å². The molecular weight excluding hydrogens is 524 g/mol. The second kappa shape index (κ2) is 12.0. The molecule has 1 unspecified atom stereocenters. The Hall–Kier alpha value is -5.11. The number of nitrogens with one attached hydrogen (secondary N) is 1. The van der Waals surface area contributed by atoms with Crippen molar-refractivity contribution in [2.45, 2.75) is 18.9 Å². The first kappa shape index (κ1) is 24.9. The van der Waals surface area contributed by atoms with Crippen molar-refractivity contribution in [3.05, 3.63) is 117 Å². The molecule has 0 heterocycles. The Morgan fingerprint density at radius 2 is 1.54 bits per heavy atom. The fourth-order valence-electron chi connectivity index (χ4n) is 4.98. The third-order valence-electron chi connectivity index (χ3n) is 6.93. The van der Waals surface area contributed by atoms with E-state index in [1.165, 1.54) is 19.2 Å². The number of ether oxygens (including phenoxy) is 4. The largest absolute Gasteiger partial charge is 0.493 e. The van der Waals surface area contributed by atoms with Gasteiger partial charge in [-0.25, -0.2) is 4.79 Å². The van der Waals surface area contributed by atoms with Gasteiger partial charge in [0.1, 0.15) is 0 Å². The van der Waals surface area contributed by atoms with E-state index in [1.54, 1.807) is 66.7 Å². The predicted octanol–water partition coefficient (Wildman–Crippen LogP) is 5.38. The zero-order valence-corrected chi connectivity index (χ0v) is 22.3. The lowest BCUT2D eigenvalue weighted by atomic mass is 9.95. The van der Waals surface area contributed by atoms with Crippen molar-refractivity contribution >= 4 is 11.9 Å². The van der Waals surface area contributed by atoms with Crippen LogP contribution in [0.5, 0.6) is 23.0 Å². The smallest absolute Gasteiger partial charge is 0.343 e. The van der Waals surface area contributed by atoms with E-state index in [-0.39, 0.29) is 28.7 Å². The van der Waals surface area contributed by atoms with Gasteiger partial charge in [-0.05, 0) is 72.0 Å². The SMILES string of the molecule is [3H]COc1c(OC)cc2c(c1OC[3H])-c1ccc(OC(=O)c3ccccc3)c(=O)cc1C(NC(=O)c1ccccc1)[14CH2]C2. The fourth-order valence-corrected chi connectivity index (χ4v) is 4.98. The van der Waals surface area contributed by atoms with Gasteiger partial charge in [-0.15, -0.1) is 0 Å². The Morgan fingerprint density at radius 1 is 0.854 bits per heavy atom. The first-order valence-electron chi connectivity index (χ1n) is 14.3. The van der Waals surface area contributed by atoms with E-state index in [4.69, 9.17) is 21.7 Å². The van der Waals surface area contributed by atoms with Gasteiger partial charge in [0.2, 0.25) is 11.2 Å². The van der Waals surface area contributed by atoms with Gasteiger partial charge in [0.25, 0.3) is 5.91 Å². The van der Waals surface area contributed by atoms with Crippen molar-refractivity contribution in [2.24, 2.45) is 0 Å². The number of rotatable bonds is 7. The number of amides is 1. The third-order valence-corrected chi connectivity index (χ3v) is 6.93. The van der Waals surface area contributed by atoms with Gasteiger partial charge in [-0.3, -0.25) is 9.59 Å². The molecule has 0 spiro atoms. The summed E-state index contributed by atoms with van der Waals surface area (Å²) in [5, 5.41) is 3.06. The van der Waals surface area contributed by atoms with Gasteiger partial charge in [0, 0.05) is 11.1 Å². The summed E-state index contributed by atoms with van der Waals surface area (Å²) in [5.74, 6) is -0.570. The van der Waals surface area contributed by atoms with Crippen LogP contribution in [0.3, 0.4) is 0 Å². The molecule has 0 radical (unpaired) electrons. The molecule has 0 fully saturated rings. The van der Waals surface area contributed by atoms with Crippen LogP contribution in [0.2, 0.25) is 0 Å². The Labute approximate surface area is 240 Å². The second-order valence-electron chi connectivity index (χ2n) is 9.32. The van der Waals surface area contributed by atoms with E-state index in [2.05, 4.69) is 5.32 Å². The van der Waals surface area contributed by atoms with Crippen LogP contribution in [0.25, 0.3) is 11.1 Å². The van der Waals surface area contributed by atoms with E-state index >= 15 is 0 Å². The molecule has 4 aromatic rings. The average Bonchev–Trinajstić information content (AvgIpc) is 3.27. The monoisotopic (exact) mass is 557 g/mol. The number of fused-ring (bicyclic) bond motifs is 3. The molecule has 1 aliphatic carbocycles. The highest BCUT2D eigenvalue weighted by Gasteiger charge is 2.30. The van der Waals surface area contributed by atoms with Crippen molar-refractivity contribution in [3.8, 4) is 34.1 Å². The van der Waals surface area contributed by atoms with Crippen molar-refractivity contribution in [1.82, 2.24) is 5.32 Å². The van der Waals surface area contributed by atoms with E-state index in [9.17, 15) is 14.4 Å². The van der Waals surface area contributed by atoms with Crippen molar-refractivity contribution in [1.29, 1.82) is 0 Å². The lowest BCUT2D eigenvalue weighted by Crippen LogP contribution is -2.29. The van der Waals surface area contributed by atoms with Gasteiger partial charge in [-0.1, -0.05) is 42.5 Å². The summed E-state index contributed by atoms with van der Waals surface area (Å²) in [6.45, 7) is 0. The first-order chi connectivity index (χ1) is 20.9. The molecule has 0 aromatic heterocycles. The summed E-state index contributed by atoms with van der Waals surface area (Å²) in [7, 11) is 0.579. The topological polar surface area (TPSA) is 100 Å². The van der Waals surface area contributed by atoms with Gasteiger partial charge in [-0.2, -0.15) is 0 Å². The summed E-state index contributed by atoms with van der Waals surface area (Å²) in [6.07, 6.45) is 0.854. The normalized spacial score (nSPS) is 14.2. The molecule has 41 heavy (non-hydrogen) atoms. The molecule has 4 aromatic carbocycles. The van der Waals surface area contributed by atoms with Gasteiger partial charge >= 0.3 is 5.97 Å². The molecule has 0 bridgehead atoms. The van der Waals surface area contributed by atoms with Crippen LogP contribution in [0.15, 0.2) is 89.7 Å². The van der Waals surface area contributed by atoms with Crippen LogP contribution in [0, 0.1) is 0 Å². The van der Waals surface area contributed by atoms with Crippen LogP contribution >= 0.6 is 0 Å². The van der Waals surface area contributed by atoms with Gasteiger partial charge in [0.15, 0.2) is 17.2 Å². The standard InChI is InChI=1S/C33H29NO7/c1-38-28-18-22-14-16-25(34-32(36)20-10-6-4-7-11-20)24-19-26(35)27(41-33(37)21-12-8-5-9-13-21)17-15-23(24)29(22)31(40-3)30(28)39-2/h4-13,15,17-19,25H,14,16H2,1-3H3,(H,34,36)/i2T,3T,16+2. The summed E-state index contributed by atoms with van der Waals surface area (Å²) >= 11 is 0. The first-order valence-corrected chi connectivity index (χ1v) is 12.8. The van der Waals surface area contributed by atoms with Crippen LogP contribution in [0.4, 0.5) is 0 Å². The summed E-state index contributed by atoms with van der Waals surface area (Å²) in [6, 6.07) is 22.6. The molecule has 8 heteroatoms. The fraction of sp³-hybridized carbons (Fsp3) is 0.182. The number of methoxy groups -OCH3 is 3. The number of carbonyl (C=O) groups excluding carboxylic acids is 2. The maximum absolute atomic E-state index is 13.5. The van der Waals surface area contributed by atoms with E-state index in [1.807, 2.05) is 6.07 Å². The minimum Gasteiger partial charge on any atom is -0.493 e. The zero-order valence-electron chi connectivity index (χ0n) is 24.3. The Balaban J connectivity index is 1.70. The number of aryl methyl sites for hydroxylation is 1. The minimum atomic E-state index is -0.692. The van der Waals surface area contributed by atoms with E-state index < -0.39 is 31.6 Å². The van der Waals surface area contributed by atoms with Gasteiger partial charge in [0.05, 0.1) is 35.6 Å². The summed E-state index contributed by atoms with van der Waals surface area (Å²) in [5.41, 5.74) is 2.43. The Kier molecular flexibility index (Phi) is 7.26. The number of hydrogen-bond acceptors (Lipinski definition) is 7. The molecule has 0 aliphatic heterocycles. The second-order valence-corrected chi connectivity index (χ2v) is 9.32. The lowest BCUT2D eigenvalue weighted by Gasteiger charge is -2.20. The Bertz CT molecular complexity index is 1700. The minimum absolute atomic E-state index is 0.144. The highest BCUT2D eigenvalue weighted by Crippen LogP contribution is 2.50. The van der Waals surface area contributed by atoms with Crippen molar-refractivity contribution in [2.75, 3.05) is 21.3 Å². The number of carbonyl (C=O) groups is 2. The highest BCUT2D eigenvalue weighted by atomic mass is 16.5. The summed E-state index contributed by atoms with van der Waals surface area (Å²) in [4.78, 5) is 39.7. The number of hydrogen-bond donors (Lipinski definition) is 1.